The van der Waals surface area contributed by atoms with Crippen LogP contribution < -0.4 is 10.2 Å². The zero-order valence-electron chi connectivity index (χ0n) is 18.1. The van der Waals surface area contributed by atoms with Crippen LogP contribution in [0.5, 0.6) is 0 Å². The molecular formula is C26H22N2O5. The van der Waals surface area contributed by atoms with E-state index in [1.54, 1.807) is 84.9 Å². The summed E-state index contributed by atoms with van der Waals surface area (Å²) in [5, 5.41) is 14.2. The summed E-state index contributed by atoms with van der Waals surface area (Å²) in [5.41, 5.74) is -0.597. The maximum Gasteiger partial charge on any atom is 0.358 e. The van der Waals surface area contributed by atoms with E-state index in [2.05, 4.69) is 5.32 Å². The SMILES string of the molecule is COC(=O)C1(Nc2ccccc2)/C(=C(\O)c2ccccc2)C(=O)C(=O)N1c1ccc(C)cc1. The summed E-state index contributed by atoms with van der Waals surface area (Å²) in [6.07, 6.45) is 0. The van der Waals surface area contributed by atoms with Gasteiger partial charge in [-0.2, -0.15) is 0 Å². The molecule has 0 aromatic heterocycles. The highest BCUT2D eigenvalue weighted by atomic mass is 16.5. The van der Waals surface area contributed by atoms with Gasteiger partial charge in [-0.25, -0.2) is 4.79 Å². The molecule has 0 saturated carbocycles. The fourth-order valence-electron chi connectivity index (χ4n) is 3.90. The minimum Gasteiger partial charge on any atom is -0.507 e. The van der Waals surface area contributed by atoms with Crippen molar-refractivity contribution in [1.29, 1.82) is 0 Å². The Kier molecular flexibility index (Phi) is 5.70. The molecule has 1 aliphatic heterocycles. The number of aliphatic hydroxyl groups is 1. The standard InChI is InChI=1S/C26H22N2O5/c1-17-13-15-20(16-14-17)28-24(31)23(30)21(22(29)18-9-5-3-6-10-18)26(28,25(32)33-2)27-19-11-7-4-8-12-19/h3-16,27,29H,1-2H3/b22-21-. The molecule has 1 fully saturated rings. The number of anilines is 2. The molecule has 1 atom stereocenters. The number of rotatable bonds is 5. The quantitative estimate of drug-likeness (QED) is 0.270. The Morgan fingerprint density at radius 1 is 0.909 bits per heavy atom. The molecular weight excluding hydrogens is 420 g/mol. The van der Waals surface area contributed by atoms with Crippen molar-refractivity contribution in [2.24, 2.45) is 0 Å². The molecule has 166 valence electrons. The number of carbonyl (C=O) groups excluding carboxylic acids is 3. The van der Waals surface area contributed by atoms with Crippen LogP contribution in [0.1, 0.15) is 11.1 Å². The lowest BCUT2D eigenvalue weighted by molar-refractivity contribution is -0.145. The van der Waals surface area contributed by atoms with Crippen LogP contribution in [0.15, 0.2) is 90.5 Å². The molecule has 0 aliphatic carbocycles. The van der Waals surface area contributed by atoms with Crippen molar-refractivity contribution < 1.29 is 24.2 Å². The topological polar surface area (TPSA) is 95.9 Å². The van der Waals surface area contributed by atoms with E-state index in [1.807, 2.05) is 6.92 Å². The van der Waals surface area contributed by atoms with Gasteiger partial charge in [0.1, 0.15) is 11.3 Å². The highest BCUT2D eigenvalue weighted by Gasteiger charge is 2.63. The van der Waals surface area contributed by atoms with Crippen molar-refractivity contribution in [2.45, 2.75) is 12.6 Å². The van der Waals surface area contributed by atoms with E-state index in [1.165, 1.54) is 0 Å². The largest absolute Gasteiger partial charge is 0.507 e. The fraction of sp³-hybridized carbons (Fsp3) is 0.115. The van der Waals surface area contributed by atoms with E-state index in [0.29, 0.717) is 11.4 Å². The molecule has 0 spiro atoms. The van der Waals surface area contributed by atoms with Gasteiger partial charge in [-0.05, 0) is 31.2 Å². The van der Waals surface area contributed by atoms with Gasteiger partial charge in [0.15, 0.2) is 0 Å². The van der Waals surface area contributed by atoms with Crippen molar-refractivity contribution in [1.82, 2.24) is 0 Å². The number of aliphatic hydroxyl groups excluding tert-OH is 1. The van der Waals surface area contributed by atoms with E-state index in [4.69, 9.17) is 4.74 Å². The van der Waals surface area contributed by atoms with Gasteiger partial charge in [-0.3, -0.25) is 14.5 Å². The van der Waals surface area contributed by atoms with Gasteiger partial charge in [0.05, 0.1) is 7.11 Å². The summed E-state index contributed by atoms with van der Waals surface area (Å²) < 4.78 is 5.11. The Bertz CT molecular complexity index is 1240. The number of Topliss-reactive ketones (excluding diaryl/α,β-unsaturated/α-hetero) is 1. The fourth-order valence-corrected chi connectivity index (χ4v) is 3.90. The average molecular weight is 442 g/mol. The van der Waals surface area contributed by atoms with E-state index in [0.717, 1.165) is 17.6 Å². The Hall–Kier alpha value is -4.39. The molecule has 3 aromatic rings. The minimum atomic E-state index is -2.14. The lowest BCUT2D eigenvalue weighted by atomic mass is 9.94. The predicted molar refractivity (Wildman–Crippen MR) is 124 cm³/mol. The van der Waals surface area contributed by atoms with Crippen molar-refractivity contribution in [3.8, 4) is 0 Å². The van der Waals surface area contributed by atoms with Crippen LogP contribution in [0, 0.1) is 6.92 Å². The molecule has 0 bridgehead atoms. The molecule has 4 rings (SSSR count). The van der Waals surface area contributed by atoms with Gasteiger partial charge >= 0.3 is 11.9 Å². The first-order valence-electron chi connectivity index (χ1n) is 10.3. The highest BCUT2D eigenvalue weighted by molar-refractivity contribution is 6.54. The number of aryl methyl sites for hydroxylation is 1. The molecule has 2 N–H and O–H groups in total. The van der Waals surface area contributed by atoms with Crippen LogP contribution in [0.4, 0.5) is 11.4 Å². The van der Waals surface area contributed by atoms with Crippen LogP contribution in [-0.4, -0.2) is 35.5 Å². The Labute approximate surface area is 190 Å². The number of para-hydroxylation sites is 1. The number of hydrogen-bond donors (Lipinski definition) is 2. The number of ether oxygens (including phenoxy) is 1. The van der Waals surface area contributed by atoms with Crippen molar-refractivity contribution in [3.05, 3.63) is 102 Å². The highest BCUT2D eigenvalue weighted by Crippen LogP contribution is 2.42. The van der Waals surface area contributed by atoms with E-state index < -0.39 is 34.7 Å². The van der Waals surface area contributed by atoms with Crippen LogP contribution in [0.25, 0.3) is 5.76 Å². The van der Waals surface area contributed by atoms with E-state index >= 15 is 0 Å². The first-order chi connectivity index (χ1) is 15.9. The maximum absolute atomic E-state index is 13.5. The third kappa shape index (κ3) is 3.63. The lowest BCUT2D eigenvalue weighted by Gasteiger charge is -2.37. The molecule has 7 nitrogen and oxygen atoms in total. The third-order valence-corrected chi connectivity index (χ3v) is 5.48. The van der Waals surface area contributed by atoms with Gasteiger partial charge in [0, 0.05) is 16.9 Å². The number of amides is 1. The van der Waals surface area contributed by atoms with E-state index in [-0.39, 0.29) is 5.56 Å². The normalized spacial score (nSPS) is 19.4. The van der Waals surface area contributed by atoms with Crippen molar-refractivity contribution in [2.75, 3.05) is 17.3 Å². The molecule has 1 aliphatic rings. The van der Waals surface area contributed by atoms with Gasteiger partial charge in [-0.1, -0.05) is 66.2 Å². The predicted octanol–water partition coefficient (Wildman–Crippen LogP) is 3.86. The Morgan fingerprint density at radius 3 is 2.06 bits per heavy atom. The van der Waals surface area contributed by atoms with Gasteiger partial charge in [0.25, 0.3) is 11.4 Å². The summed E-state index contributed by atoms with van der Waals surface area (Å²) in [6.45, 7) is 1.88. The third-order valence-electron chi connectivity index (χ3n) is 5.48. The number of carbonyl (C=O) groups is 3. The molecule has 3 aromatic carbocycles. The zero-order valence-corrected chi connectivity index (χ0v) is 18.1. The van der Waals surface area contributed by atoms with Crippen molar-refractivity contribution >= 4 is 34.8 Å². The molecule has 1 amide bonds. The van der Waals surface area contributed by atoms with Crippen LogP contribution in [-0.2, 0) is 19.1 Å². The summed E-state index contributed by atoms with van der Waals surface area (Å²) >= 11 is 0. The second kappa shape index (κ2) is 8.63. The van der Waals surface area contributed by atoms with Crippen LogP contribution in [0.3, 0.4) is 0 Å². The number of esters is 1. The molecule has 0 radical (unpaired) electrons. The Morgan fingerprint density at radius 2 is 1.48 bits per heavy atom. The van der Waals surface area contributed by atoms with Gasteiger partial charge < -0.3 is 15.2 Å². The average Bonchev–Trinajstić information content (AvgIpc) is 3.06. The van der Waals surface area contributed by atoms with E-state index in [9.17, 15) is 19.5 Å². The molecule has 33 heavy (non-hydrogen) atoms. The van der Waals surface area contributed by atoms with Gasteiger partial charge in [-0.15, -0.1) is 0 Å². The first-order valence-corrected chi connectivity index (χ1v) is 10.3. The van der Waals surface area contributed by atoms with Crippen LogP contribution >= 0.6 is 0 Å². The Balaban J connectivity index is 2.06. The summed E-state index contributed by atoms with van der Waals surface area (Å²) in [4.78, 5) is 41.2. The molecule has 1 unspecified atom stereocenters. The first kappa shape index (κ1) is 21.8. The molecule has 1 heterocycles. The number of benzene rings is 3. The molecule has 1 saturated heterocycles. The zero-order chi connectivity index (χ0) is 23.6. The molecule has 7 heteroatoms. The summed E-state index contributed by atoms with van der Waals surface area (Å²) in [6, 6.07) is 23.7. The lowest BCUT2D eigenvalue weighted by Crippen LogP contribution is -2.59. The second-order valence-electron chi connectivity index (χ2n) is 7.59. The number of nitrogens with one attached hydrogen (secondary N) is 1. The smallest absolute Gasteiger partial charge is 0.358 e. The number of ketones is 1. The monoisotopic (exact) mass is 442 g/mol. The van der Waals surface area contributed by atoms with Gasteiger partial charge in [0.2, 0.25) is 0 Å². The van der Waals surface area contributed by atoms with Crippen molar-refractivity contribution in [3.63, 3.8) is 0 Å². The summed E-state index contributed by atoms with van der Waals surface area (Å²) in [5.74, 6) is -3.39. The maximum atomic E-state index is 13.5. The van der Waals surface area contributed by atoms with Crippen LogP contribution in [0.2, 0.25) is 0 Å². The minimum absolute atomic E-state index is 0.280. The summed E-state index contributed by atoms with van der Waals surface area (Å²) in [7, 11) is 1.16. The second-order valence-corrected chi connectivity index (χ2v) is 7.59. The number of methoxy groups -OCH3 is 1. The number of hydrogen-bond acceptors (Lipinski definition) is 6. The number of nitrogens with zero attached hydrogens (tertiary/aromatic N) is 1.